The van der Waals surface area contributed by atoms with E-state index in [1.807, 2.05) is 12.1 Å². The largest absolute Gasteiger partial charge is 0.493 e. The van der Waals surface area contributed by atoms with Crippen molar-refractivity contribution >= 4 is 11.8 Å². The lowest BCUT2D eigenvalue weighted by molar-refractivity contribution is -0.153. The molecule has 0 amide bonds. The highest BCUT2D eigenvalue weighted by molar-refractivity contribution is 6.08. The lowest BCUT2D eigenvalue weighted by Gasteiger charge is -2.41. The summed E-state index contributed by atoms with van der Waals surface area (Å²) in [6.07, 6.45) is 2.19. The summed E-state index contributed by atoms with van der Waals surface area (Å²) >= 11 is 0. The number of benzene rings is 1. The Morgan fingerprint density at radius 2 is 1.94 bits per heavy atom. The standard InChI is InChI=1S/C25H28O8/c1-6-18(26)33-20-13(3)12(2)7-14-8-16(28-4)22(29-5)24(27)25(14)10-30-23-19(25)15(20)9-17-21(23)32-11-31-17/h8-9,12-13,20H,6-7,10-11H2,1-5H3/t12-,13-,20-,25+/m1/s1. The van der Waals surface area contributed by atoms with Crippen LogP contribution in [-0.2, 0) is 29.2 Å². The minimum Gasteiger partial charge on any atom is -0.493 e. The number of methoxy groups -OCH3 is 2. The van der Waals surface area contributed by atoms with Gasteiger partial charge in [-0.25, -0.2) is 0 Å². The van der Waals surface area contributed by atoms with Gasteiger partial charge in [-0.1, -0.05) is 20.8 Å². The van der Waals surface area contributed by atoms with Crippen LogP contribution in [0.4, 0.5) is 0 Å². The van der Waals surface area contributed by atoms with Crippen molar-refractivity contribution in [1.82, 2.24) is 0 Å². The zero-order valence-corrected chi connectivity index (χ0v) is 19.5. The molecule has 0 saturated carbocycles. The lowest BCUT2D eigenvalue weighted by atomic mass is 9.62. The van der Waals surface area contributed by atoms with Crippen LogP contribution in [0, 0.1) is 11.8 Å². The van der Waals surface area contributed by atoms with Gasteiger partial charge in [0.2, 0.25) is 24.1 Å². The highest BCUT2D eigenvalue weighted by atomic mass is 16.7. The van der Waals surface area contributed by atoms with Crippen LogP contribution in [0.2, 0.25) is 0 Å². The Hall–Kier alpha value is -3.16. The lowest BCUT2D eigenvalue weighted by Crippen LogP contribution is -2.46. The molecule has 0 aromatic heterocycles. The van der Waals surface area contributed by atoms with E-state index in [0.717, 1.165) is 5.57 Å². The number of carbonyl (C=O) groups excluding carboxylic acids is 2. The van der Waals surface area contributed by atoms with Crippen molar-refractivity contribution in [1.29, 1.82) is 0 Å². The Morgan fingerprint density at radius 1 is 1.15 bits per heavy atom. The Labute approximate surface area is 192 Å². The molecule has 0 unspecified atom stereocenters. The molecule has 2 heterocycles. The van der Waals surface area contributed by atoms with Gasteiger partial charge in [-0.15, -0.1) is 0 Å². The van der Waals surface area contributed by atoms with Crippen molar-refractivity contribution in [2.24, 2.45) is 11.8 Å². The van der Waals surface area contributed by atoms with E-state index in [9.17, 15) is 9.59 Å². The summed E-state index contributed by atoms with van der Waals surface area (Å²) in [6, 6.07) is 1.84. The monoisotopic (exact) mass is 456 g/mol. The predicted molar refractivity (Wildman–Crippen MR) is 116 cm³/mol. The van der Waals surface area contributed by atoms with Crippen molar-refractivity contribution in [2.75, 3.05) is 27.6 Å². The zero-order chi connectivity index (χ0) is 23.5. The molecule has 0 radical (unpaired) electrons. The second-order valence-electron chi connectivity index (χ2n) is 9.00. The van der Waals surface area contributed by atoms with Crippen LogP contribution < -0.4 is 14.2 Å². The van der Waals surface area contributed by atoms with E-state index in [1.54, 1.807) is 6.92 Å². The number of allylic oxidation sites excluding steroid dienone is 2. The van der Waals surface area contributed by atoms with Gasteiger partial charge in [-0.2, -0.15) is 0 Å². The van der Waals surface area contributed by atoms with Gasteiger partial charge in [-0.05, 0) is 30.1 Å². The van der Waals surface area contributed by atoms with Crippen molar-refractivity contribution < 1.29 is 38.0 Å². The minimum absolute atomic E-state index is 0.0293. The van der Waals surface area contributed by atoms with E-state index >= 15 is 0 Å². The predicted octanol–water partition coefficient (Wildman–Crippen LogP) is 3.73. The smallest absolute Gasteiger partial charge is 0.306 e. The highest BCUT2D eigenvalue weighted by Gasteiger charge is 2.59. The Bertz CT molecular complexity index is 1100. The van der Waals surface area contributed by atoms with Crippen LogP contribution in [0.25, 0.3) is 0 Å². The van der Waals surface area contributed by atoms with Gasteiger partial charge in [0.05, 0.1) is 14.2 Å². The summed E-state index contributed by atoms with van der Waals surface area (Å²) in [4.78, 5) is 26.5. The molecule has 4 aliphatic rings. The summed E-state index contributed by atoms with van der Waals surface area (Å²) in [5.41, 5.74) is 1.15. The number of Topliss-reactive ketones (excluding diaryl/α,β-unsaturated/α-hetero) is 1. The normalized spacial score (nSPS) is 29.3. The average Bonchev–Trinajstić information content (AvgIpc) is 3.44. The van der Waals surface area contributed by atoms with Gasteiger partial charge in [-0.3, -0.25) is 9.59 Å². The van der Waals surface area contributed by atoms with Crippen LogP contribution >= 0.6 is 0 Å². The average molecular weight is 456 g/mol. The third kappa shape index (κ3) is 2.89. The summed E-state index contributed by atoms with van der Waals surface area (Å²) in [7, 11) is 2.98. The fraction of sp³-hybridized carbons (Fsp3) is 0.520. The molecule has 176 valence electrons. The molecule has 1 aromatic rings. The van der Waals surface area contributed by atoms with Crippen molar-refractivity contribution in [2.45, 2.75) is 45.1 Å². The van der Waals surface area contributed by atoms with E-state index in [2.05, 4.69) is 13.8 Å². The molecule has 4 atom stereocenters. The number of rotatable bonds is 4. The maximum Gasteiger partial charge on any atom is 0.306 e. The van der Waals surface area contributed by atoms with Gasteiger partial charge in [0.1, 0.15) is 18.1 Å². The SMILES string of the molecule is CCC(=O)O[C@H]1c2cc3c(c4c2[C@@]2(CO4)C(=O)C(OC)=C(OC)C=C2C[C@@H](C)[C@H]1C)OCO3. The molecular formula is C25H28O8. The molecular weight excluding hydrogens is 428 g/mol. The van der Waals surface area contributed by atoms with E-state index in [-0.39, 0.29) is 49.2 Å². The van der Waals surface area contributed by atoms with Crippen LogP contribution in [0.5, 0.6) is 17.2 Å². The third-order valence-corrected chi connectivity index (χ3v) is 7.38. The second kappa shape index (κ2) is 7.71. The first-order valence-electron chi connectivity index (χ1n) is 11.2. The Balaban J connectivity index is 1.82. The number of ether oxygens (including phenoxy) is 6. The quantitative estimate of drug-likeness (QED) is 0.634. The van der Waals surface area contributed by atoms with Gasteiger partial charge < -0.3 is 28.4 Å². The number of carbonyl (C=O) groups is 2. The first-order chi connectivity index (χ1) is 15.9. The summed E-state index contributed by atoms with van der Waals surface area (Å²) in [6.45, 7) is 6.09. The van der Waals surface area contributed by atoms with E-state index < -0.39 is 11.5 Å². The Morgan fingerprint density at radius 3 is 2.64 bits per heavy atom. The van der Waals surface area contributed by atoms with Gasteiger partial charge in [0.25, 0.3) is 0 Å². The fourth-order valence-electron chi connectivity index (χ4n) is 5.41. The molecule has 0 fully saturated rings. The van der Waals surface area contributed by atoms with Gasteiger partial charge in [0.15, 0.2) is 17.3 Å². The van der Waals surface area contributed by atoms with Crippen LogP contribution in [-0.4, -0.2) is 39.4 Å². The van der Waals surface area contributed by atoms with Crippen LogP contribution in [0.15, 0.2) is 29.2 Å². The molecule has 0 saturated heterocycles. The fourth-order valence-corrected chi connectivity index (χ4v) is 5.41. The summed E-state index contributed by atoms with van der Waals surface area (Å²) < 4.78 is 34.6. The third-order valence-electron chi connectivity index (χ3n) is 7.38. The molecule has 33 heavy (non-hydrogen) atoms. The number of fused-ring (bicyclic) bond motifs is 2. The molecule has 2 aliphatic heterocycles. The zero-order valence-electron chi connectivity index (χ0n) is 19.5. The maximum atomic E-state index is 14.1. The van der Waals surface area contributed by atoms with Gasteiger partial charge in [0, 0.05) is 23.5 Å². The molecule has 0 bridgehead atoms. The van der Waals surface area contributed by atoms with E-state index in [0.29, 0.717) is 40.6 Å². The molecule has 8 heteroatoms. The number of hydrogen-bond acceptors (Lipinski definition) is 8. The minimum atomic E-state index is -1.12. The Kier molecular flexibility index (Phi) is 5.06. The van der Waals surface area contributed by atoms with Crippen molar-refractivity contribution in [3.63, 3.8) is 0 Å². The summed E-state index contributed by atoms with van der Waals surface area (Å²) in [5.74, 6) is 1.53. The number of hydrogen-bond donors (Lipinski definition) is 0. The maximum absolute atomic E-state index is 14.1. The van der Waals surface area contributed by atoms with Crippen LogP contribution in [0.1, 0.15) is 50.8 Å². The first-order valence-corrected chi connectivity index (χ1v) is 11.2. The second-order valence-corrected chi connectivity index (χ2v) is 9.00. The van der Waals surface area contributed by atoms with Crippen LogP contribution in [0.3, 0.4) is 0 Å². The number of ketones is 1. The first kappa shape index (κ1) is 21.7. The molecule has 2 aliphatic carbocycles. The van der Waals surface area contributed by atoms with Gasteiger partial charge >= 0.3 is 5.97 Å². The molecule has 1 spiro atoms. The topological polar surface area (TPSA) is 89.5 Å². The van der Waals surface area contributed by atoms with E-state index in [4.69, 9.17) is 28.4 Å². The van der Waals surface area contributed by atoms with E-state index in [1.165, 1.54) is 14.2 Å². The summed E-state index contributed by atoms with van der Waals surface area (Å²) in [5, 5.41) is 0. The number of esters is 1. The molecule has 5 rings (SSSR count). The molecule has 8 nitrogen and oxygen atoms in total. The van der Waals surface area contributed by atoms with Crippen molar-refractivity contribution in [3.8, 4) is 17.2 Å². The molecule has 1 aromatic carbocycles. The highest BCUT2D eigenvalue weighted by Crippen LogP contribution is 2.61. The van der Waals surface area contributed by atoms with Crippen molar-refractivity contribution in [3.05, 3.63) is 40.4 Å². The molecule has 0 N–H and O–H groups in total.